The van der Waals surface area contributed by atoms with E-state index in [1.54, 1.807) is 25.4 Å². The van der Waals surface area contributed by atoms with E-state index < -0.39 is 0 Å². The monoisotopic (exact) mass is 448 g/mol. The Morgan fingerprint density at radius 3 is 2.52 bits per heavy atom. The molecule has 0 amide bonds. The molecule has 2 aromatic heterocycles. The number of aliphatic imine (C=N–C) groups is 1. The molecule has 1 saturated heterocycles. The van der Waals surface area contributed by atoms with E-state index in [1.165, 1.54) is 4.80 Å². The van der Waals surface area contributed by atoms with Crippen molar-refractivity contribution in [2.24, 2.45) is 12.0 Å². The van der Waals surface area contributed by atoms with Gasteiger partial charge in [-0.25, -0.2) is 4.68 Å². The zero-order valence-electron chi connectivity index (χ0n) is 20.2. The second-order valence-electron chi connectivity index (χ2n) is 10.1. The summed E-state index contributed by atoms with van der Waals surface area (Å²) in [6.45, 7) is 14.6. The number of hydrogen-bond donors (Lipinski definition) is 2. The number of hydrogen-bond acceptors (Lipinski definition) is 7. The molecule has 174 valence electrons. The first kappa shape index (κ1) is 22.8. The SMILES string of the molecule is C=N/C(=C\c1nnn(C2CC(C)(C)NC(C)(C)C2)c1C)c1ccc(-c2cnn(C)n2)cc1O. The molecule has 3 aromatic rings. The van der Waals surface area contributed by atoms with Crippen LogP contribution in [-0.4, -0.2) is 52.9 Å². The molecule has 0 bridgehead atoms. The van der Waals surface area contributed by atoms with E-state index in [0.29, 0.717) is 22.6 Å². The second kappa shape index (κ2) is 8.22. The Morgan fingerprint density at radius 1 is 1.24 bits per heavy atom. The normalized spacial score (nSPS) is 18.4. The van der Waals surface area contributed by atoms with Gasteiger partial charge in [-0.05, 0) is 72.4 Å². The molecule has 9 nitrogen and oxygen atoms in total. The van der Waals surface area contributed by atoms with Crippen molar-refractivity contribution in [1.29, 1.82) is 0 Å². The summed E-state index contributed by atoms with van der Waals surface area (Å²) in [7, 11) is 1.75. The van der Waals surface area contributed by atoms with Gasteiger partial charge in [0.1, 0.15) is 17.1 Å². The average molecular weight is 449 g/mol. The van der Waals surface area contributed by atoms with Gasteiger partial charge in [0.05, 0.1) is 23.6 Å². The molecule has 0 saturated carbocycles. The summed E-state index contributed by atoms with van der Waals surface area (Å²) in [6, 6.07) is 5.57. The van der Waals surface area contributed by atoms with Crippen LogP contribution in [0.1, 0.15) is 63.5 Å². The first-order valence-corrected chi connectivity index (χ1v) is 11.1. The molecule has 0 radical (unpaired) electrons. The molecule has 1 aliphatic rings. The number of piperidine rings is 1. The van der Waals surface area contributed by atoms with Gasteiger partial charge in [-0.15, -0.1) is 5.10 Å². The van der Waals surface area contributed by atoms with Gasteiger partial charge in [0, 0.05) is 29.3 Å². The van der Waals surface area contributed by atoms with Crippen LogP contribution < -0.4 is 5.32 Å². The number of aromatic nitrogens is 6. The number of aromatic hydroxyl groups is 1. The Labute approximate surface area is 194 Å². The van der Waals surface area contributed by atoms with Crippen LogP contribution in [0.5, 0.6) is 5.75 Å². The van der Waals surface area contributed by atoms with Gasteiger partial charge < -0.3 is 10.4 Å². The number of rotatable bonds is 5. The summed E-state index contributed by atoms with van der Waals surface area (Å²) in [4.78, 5) is 5.64. The minimum atomic E-state index is 0.00527. The fourth-order valence-corrected chi connectivity index (χ4v) is 5.00. The van der Waals surface area contributed by atoms with Crippen molar-refractivity contribution < 1.29 is 5.11 Å². The minimum Gasteiger partial charge on any atom is -0.507 e. The van der Waals surface area contributed by atoms with Crippen LogP contribution in [-0.2, 0) is 7.05 Å². The number of phenols is 1. The van der Waals surface area contributed by atoms with Crippen molar-refractivity contribution in [3.8, 4) is 17.0 Å². The maximum atomic E-state index is 10.7. The van der Waals surface area contributed by atoms with E-state index in [0.717, 1.165) is 24.1 Å². The third-order valence-electron chi connectivity index (χ3n) is 6.09. The lowest BCUT2D eigenvalue weighted by Crippen LogP contribution is -2.58. The van der Waals surface area contributed by atoms with E-state index in [2.05, 4.69) is 65.2 Å². The summed E-state index contributed by atoms with van der Waals surface area (Å²) >= 11 is 0. The zero-order chi connectivity index (χ0) is 24.0. The molecular weight excluding hydrogens is 416 g/mol. The van der Waals surface area contributed by atoms with Gasteiger partial charge in [-0.2, -0.15) is 15.0 Å². The average Bonchev–Trinajstić information content (AvgIpc) is 3.30. The van der Waals surface area contributed by atoms with Gasteiger partial charge >= 0.3 is 0 Å². The number of phenolic OH excluding ortho intramolecular Hbond substituents is 1. The number of aryl methyl sites for hydroxylation is 1. The van der Waals surface area contributed by atoms with Crippen molar-refractivity contribution in [3.05, 3.63) is 41.3 Å². The fraction of sp³-hybridized carbons (Fsp3) is 0.458. The summed E-state index contributed by atoms with van der Waals surface area (Å²) in [6.07, 6.45) is 5.39. The van der Waals surface area contributed by atoms with Crippen LogP contribution in [0.25, 0.3) is 23.0 Å². The highest BCUT2D eigenvalue weighted by molar-refractivity contribution is 5.85. The Morgan fingerprint density at radius 2 is 1.94 bits per heavy atom. The maximum absolute atomic E-state index is 10.7. The van der Waals surface area contributed by atoms with Gasteiger partial charge in [-0.1, -0.05) is 11.3 Å². The van der Waals surface area contributed by atoms with E-state index >= 15 is 0 Å². The van der Waals surface area contributed by atoms with Crippen molar-refractivity contribution in [1.82, 2.24) is 35.3 Å². The smallest absolute Gasteiger partial charge is 0.125 e. The molecule has 2 N–H and O–H groups in total. The first-order valence-electron chi connectivity index (χ1n) is 11.1. The second-order valence-corrected chi connectivity index (χ2v) is 10.1. The lowest BCUT2D eigenvalue weighted by atomic mass is 9.79. The standard InChI is InChI=1S/C24H32N8O/c1-15-19(27-30-32(15)17-12-23(2,3)29-24(4,5)13-17)11-20(25-6)18-9-8-16(10-22(18)33)21-14-26-31(7)28-21/h8-11,14,17,29,33H,6,12-13H2,1-5,7H3/b20-11-. The molecule has 0 aliphatic carbocycles. The molecule has 0 spiro atoms. The lowest BCUT2D eigenvalue weighted by molar-refractivity contribution is 0.124. The third-order valence-corrected chi connectivity index (χ3v) is 6.09. The van der Waals surface area contributed by atoms with Gasteiger partial charge in [0.15, 0.2) is 0 Å². The third kappa shape index (κ3) is 4.73. The summed E-state index contributed by atoms with van der Waals surface area (Å²) in [5, 5.41) is 31.7. The summed E-state index contributed by atoms with van der Waals surface area (Å²) in [5.41, 5.74) is 4.23. The predicted octanol–water partition coefficient (Wildman–Crippen LogP) is 3.77. The molecule has 0 unspecified atom stereocenters. The maximum Gasteiger partial charge on any atom is 0.125 e. The Bertz CT molecular complexity index is 1200. The molecule has 0 atom stereocenters. The van der Waals surface area contributed by atoms with Crippen LogP contribution in [0.15, 0.2) is 29.4 Å². The van der Waals surface area contributed by atoms with Crippen LogP contribution in [0.2, 0.25) is 0 Å². The number of nitrogens with one attached hydrogen (secondary N) is 1. The Hall–Kier alpha value is -3.33. The van der Waals surface area contributed by atoms with E-state index in [1.807, 2.05) is 23.7 Å². The van der Waals surface area contributed by atoms with Gasteiger partial charge in [0.2, 0.25) is 0 Å². The Balaban J connectivity index is 1.65. The predicted molar refractivity (Wildman–Crippen MR) is 130 cm³/mol. The van der Waals surface area contributed by atoms with Crippen molar-refractivity contribution >= 4 is 18.5 Å². The number of nitrogens with zero attached hydrogens (tertiary/aromatic N) is 7. The summed E-state index contributed by atoms with van der Waals surface area (Å²) < 4.78 is 2.02. The quantitative estimate of drug-likeness (QED) is 0.576. The molecule has 4 rings (SSSR count). The highest BCUT2D eigenvalue weighted by Gasteiger charge is 2.39. The molecular formula is C24H32N8O. The minimum absolute atomic E-state index is 0.00527. The van der Waals surface area contributed by atoms with Crippen molar-refractivity contribution in [2.75, 3.05) is 0 Å². The zero-order valence-corrected chi connectivity index (χ0v) is 20.2. The van der Waals surface area contributed by atoms with Crippen molar-refractivity contribution in [2.45, 2.75) is 64.6 Å². The number of benzene rings is 1. The van der Waals surface area contributed by atoms with Crippen LogP contribution >= 0.6 is 0 Å². The van der Waals surface area contributed by atoms with Gasteiger partial charge in [0.25, 0.3) is 0 Å². The molecule has 1 fully saturated rings. The van der Waals surface area contributed by atoms with Gasteiger partial charge in [-0.3, -0.25) is 4.99 Å². The largest absolute Gasteiger partial charge is 0.507 e. The topological polar surface area (TPSA) is 106 Å². The van der Waals surface area contributed by atoms with E-state index in [9.17, 15) is 5.11 Å². The lowest BCUT2D eigenvalue weighted by Gasteiger charge is -2.46. The summed E-state index contributed by atoms with van der Waals surface area (Å²) in [5.74, 6) is 0.0868. The molecule has 33 heavy (non-hydrogen) atoms. The van der Waals surface area contributed by atoms with E-state index in [-0.39, 0.29) is 22.9 Å². The Kier molecular flexibility index (Phi) is 5.69. The molecule has 3 heterocycles. The van der Waals surface area contributed by atoms with E-state index in [4.69, 9.17) is 0 Å². The van der Waals surface area contributed by atoms with Crippen LogP contribution in [0.3, 0.4) is 0 Å². The molecule has 1 aromatic carbocycles. The molecule has 1 aliphatic heterocycles. The molecule has 9 heteroatoms. The van der Waals surface area contributed by atoms with Crippen LogP contribution in [0, 0.1) is 6.92 Å². The highest BCUT2D eigenvalue weighted by Crippen LogP contribution is 2.37. The first-order chi connectivity index (χ1) is 15.5. The fourth-order valence-electron chi connectivity index (χ4n) is 5.00. The highest BCUT2D eigenvalue weighted by atomic mass is 16.3. The van der Waals surface area contributed by atoms with Crippen LogP contribution in [0.4, 0.5) is 0 Å². The van der Waals surface area contributed by atoms with Crippen molar-refractivity contribution in [3.63, 3.8) is 0 Å².